The molecule has 0 aromatic carbocycles. The van der Waals surface area contributed by atoms with E-state index in [0.29, 0.717) is 19.6 Å². The monoisotopic (exact) mass is 242 g/mol. The Labute approximate surface area is 102 Å². The number of oxime groups is 1. The number of amides is 2. The van der Waals surface area contributed by atoms with Gasteiger partial charge < -0.3 is 20.7 Å². The van der Waals surface area contributed by atoms with Crippen molar-refractivity contribution in [3.8, 4) is 0 Å². The molecular formula is C11H22N4O2. The van der Waals surface area contributed by atoms with Crippen molar-refractivity contribution in [3.63, 3.8) is 0 Å². The van der Waals surface area contributed by atoms with Crippen LogP contribution in [-0.4, -0.2) is 52.5 Å². The van der Waals surface area contributed by atoms with E-state index in [1.54, 1.807) is 9.80 Å². The molecule has 1 aliphatic heterocycles. The molecule has 0 radical (unpaired) electrons. The number of carbonyl (C=O) groups is 1. The number of piperidine rings is 1. The first kappa shape index (κ1) is 13.6. The lowest BCUT2D eigenvalue weighted by molar-refractivity contribution is 0.134. The van der Waals surface area contributed by atoms with Gasteiger partial charge in [-0.05, 0) is 33.1 Å². The van der Waals surface area contributed by atoms with Crippen molar-refractivity contribution in [1.29, 1.82) is 0 Å². The smallest absolute Gasteiger partial charge is 0.320 e. The third kappa shape index (κ3) is 3.01. The molecule has 0 aromatic rings. The van der Waals surface area contributed by atoms with Crippen molar-refractivity contribution in [2.24, 2.45) is 10.9 Å². The van der Waals surface area contributed by atoms with Gasteiger partial charge >= 0.3 is 6.03 Å². The average Bonchev–Trinajstić information content (AvgIpc) is 2.39. The van der Waals surface area contributed by atoms with Crippen LogP contribution in [-0.2, 0) is 0 Å². The minimum Gasteiger partial charge on any atom is -0.409 e. The Hall–Kier alpha value is -1.46. The zero-order valence-corrected chi connectivity index (χ0v) is 10.6. The number of hydrogen-bond acceptors (Lipinski definition) is 3. The van der Waals surface area contributed by atoms with Crippen LogP contribution >= 0.6 is 0 Å². The quantitative estimate of drug-likeness (QED) is 0.336. The van der Waals surface area contributed by atoms with Gasteiger partial charge in [-0.15, -0.1) is 0 Å². The lowest BCUT2D eigenvalue weighted by Crippen LogP contribution is -2.54. The van der Waals surface area contributed by atoms with Crippen molar-refractivity contribution < 1.29 is 10.0 Å². The number of carbonyl (C=O) groups excluding carboxylic acids is 1. The molecule has 6 heteroatoms. The summed E-state index contributed by atoms with van der Waals surface area (Å²) in [5.74, 6) is 0.130. The van der Waals surface area contributed by atoms with Crippen LogP contribution in [0.4, 0.5) is 4.79 Å². The average molecular weight is 242 g/mol. The normalized spacial score (nSPS) is 21.4. The number of rotatable bonds is 3. The molecular weight excluding hydrogens is 220 g/mol. The molecule has 1 fully saturated rings. The molecule has 1 heterocycles. The molecule has 1 rings (SSSR count). The maximum Gasteiger partial charge on any atom is 0.320 e. The molecule has 98 valence electrons. The molecule has 1 unspecified atom stereocenters. The van der Waals surface area contributed by atoms with Crippen LogP contribution in [0.1, 0.15) is 33.1 Å². The molecule has 1 atom stereocenters. The lowest BCUT2D eigenvalue weighted by atomic mass is 10.0. The highest BCUT2D eigenvalue weighted by Crippen LogP contribution is 2.18. The van der Waals surface area contributed by atoms with Crippen LogP contribution in [0, 0.1) is 0 Å². The van der Waals surface area contributed by atoms with Gasteiger partial charge in [0.1, 0.15) is 0 Å². The predicted molar refractivity (Wildman–Crippen MR) is 66.1 cm³/mol. The van der Waals surface area contributed by atoms with Gasteiger partial charge in [-0.3, -0.25) is 0 Å². The molecule has 17 heavy (non-hydrogen) atoms. The first-order chi connectivity index (χ1) is 8.15. The SMILES string of the molecule is CCN(CC)C(=O)N1CCCCC1C(N)=NO. The minimum absolute atomic E-state index is 0.0219. The molecule has 0 saturated carbocycles. The molecule has 3 N–H and O–H groups in total. The molecule has 6 nitrogen and oxygen atoms in total. The van der Waals surface area contributed by atoms with Gasteiger partial charge in [0.25, 0.3) is 0 Å². The van der Waals surface area contributed by atoms with Crippen LogP contribution in [0.5, 0.6) is 0 Å². The van der Waals surface area contributed by atoms with Gasteiger partial charge in [-0.2, -0.15) is 0 Å². The highest BCUT2D eigenvalue weighted by Gasteiger charge is 2.31. The minimum atomic E-state index is -0.262. The van der Waals surface area contributed by atoms with Crippen LogP contribution < -0.4 is 5.73 Å². The number of hydrogen-bond donors (Lipinski definition) is 2. The van der Waals surface area contributed by atoms with Crippen molar-refractivity contribution in [2.45, 2.75) is 39.2 Å². The summed E-state index contributed by atoms with van der Waals surface area (Å²) in [5.41, 5.74) is 5.65. The third-order valence-electron chi connectivity index (χ3n) is 3.24. The Bertz CT molecular complexity index is 289. The summed E-state index contributed by atoms with van der Waals surface area (Å²) < 4.78 is 0. The first-order valence-electron chi connectivity index (χ1n) is 6.18. The second-order valence-corrected chi connectivity index (χ2v) is 4.18. The van der Waals surface area contributed by atoms with E-state index in [4.69, 9.17) is 10.9 Å². The summed E-state index contributed by atoms with van der Waals surface area (Å²) in [7, 11) is 0. The Kier molecular flexibility index (Phi) is 5.06. The standard InChI is InChI=1S/C11H22N4O2/c1-3-14(4-2)11(16)15-8-6-5-7-9(15)10(12)13-17/h9,17H,3-8H2,1-2H3,(H2,12,13). The Morgan fingerprint density at radius 2 is 2.12 bits per heavy atom. The molecule has 0 aliphatic carbocycles. The van der Waals surface area contributed by atoms with Crippen LogP contribution in [0.25, 0.3) is 0 Å². The van der Waals surface area contributed by atoms with Crippen molar-refractivity contribution >= 4 is 11.9 Å². The van der Waals surface area contributed by atoms with Crippen LogP contribution in [0.3, 0.4) is 0 Å². The molecule has 1 aliphatic rings. The summed E-state index contributed by atoms with van der Waals surface area (Å²) in [4.78, 5) is 15.7. The largest absolute Gasteiger partial charge is 0.409 e. The molecule has 1 saturated heterocycles. The van der Waals surface area contributed by atoms with Gasteiger partial charge in [0.2, 0.25) is 0 Å². The van der Waals surface area contributed by atoms with E-state index in [-0.39, 0.29) is 17.9 Å². The van der Waals surface area contributed by atoms with Crippen molar-refractivity contribution in [1.82, 2.24) is 9.80 Å². The third-order valence-corrected chi connectivity index (χ3v) is 3.24. The first-order valence-corrected chi connectivity index (χ1v) is 6.18. The van der Waals surface area contributed by atoms with Gasteiger partial charge in [0.15, 0.2) is 5.84 Å². The zero-order chi connectivity index (χ0) is 12.8. The maximum atomic E-state index is 12.3. The summed E-state index contributed by atoms with van der Waals surface area (Å²) in [6.45, 7) is 5.92. The van der Waals surface area contributed by atoms with Crippen molar-refractivity contribution in [2.75, 3.05) is 19.6 Å². The van der Waals surface area contributed by atoms with Gasteiger partial charge in [0.05, 0.1) is 6.04 Å². The number of amidine groups is 1. The van der Waals surface area contributed by atoms with Crippen LogP contribution in [0.2, 0.25) is 0 Å². The van der Waals surface area contributed by atoms with Crippen LogP contribution in [0.15, 0.2) is 5.16 Å². The molecule has 0 spiro atoms. The van der Waals surface area contributed by atoms with Gasteiger partial charge in [-0.25, -0.2) is 4.79 Å². The van der Waals surface area contributed by atoms with E-state index in [1.807, 2.05) is 13.8 Å². The van der Waals surface area contributed by atoms with E-state index >= 15 is 0 Å². The van der Waals surface area contributed by atoms with E-state index in [9.17, 15) is 4.79 Å². The Morgan fingerprint density at radius 3 is 2.65 bits per heavy atom. The van der Waals surface area contributed by atoms with E-state index in [2.05, 4.69) is 5.16 Å². The highest BCUT2D eigenvalue weighted by molar-refractivity contribution is 5.89. The lowest BCUT2D eigenvalue weighted by Gasteiger charge is -2.37. The summed E-state index contributed by atoms with van der Waals surface area (Å²) in [5, 5.41) is 11.8. The Morgan fingerprint density at radius 1 is 1.47 bits per heavy atom. The number of nitrogens with zero attached hydrogens (tertiary/aromatic N) is 3. The summed E-state index contributed by atoms with van der Waals surface area (Å²) >= 11 is 0. The van der Waals surface area contributed by atoms with E-state index < -0.39 is 0 Å². The molecule has 0 aromatic heterocycles. The number of nitrogens with two attached hydrogens (primary N) is 1. The second-order valence-electron chi connectivity index (χ2n) is 4.18. The summed E-state index contributed by atoms with van der Waals surface area (Å²) in [6.07, 6.45) is 2.74. The fourth-order valence-corrected chi connectivity index (χ4v) is 2.21. The van der Waals surface area contributed by atoms with Gasteiger partial charge in [-0.1, -0.05) is 5.16 Å². The topological polar surface area (TPSA) is 82.2 Å². The maximum absolute atomic E-state index is 12.3. The fourth-order valence-electron chi connectivity index (χ4n) is 2.21. The summed E-state index contributed by atoms with van der Waals surface area (Å²) in [6, 6.07) is -0.284. The highest BCUT2D eigenvalue weighted by atomic mass is 16.4. The Balaban J connectivity index is 2.80. The van der Waals surface area contributed by atoms with Crippen molar-refractivity contribution in [3.05, 3.63) is 0 Å². The number of likely N-dealkylation sites (tertiary alicyclic amines) is 1. The fraction of sp³-hybridized carbons (Fsp3) is 0.818. The second kappa shape index (κ2) is 6.32. The number of urea groups is 1. The van der Waals surface area contributed by atoms with Gasteiger partial charge in [0, 0.05) is 19.6 Å². The van der Waals surface area contributed by atoms with E-state index in [0.717, 1.165) is 19.3 Å². The predicted octanol–water partition coefficient (Wildman–Crippen LogP) is 1.05. The zero-order valence-electron chi connectivity index (χ0n) is 10.6. The molecule has 2 amide bonds. The molecule has 0 bridgehead atoms. The van der Waals surface area contributed by atoms with E-state index in [1.165, 1.54) is 0 Å².